The van der Waals surface area contributed by atoms with Gasteiger partial charge in [0.25, 0.3) is 0 Å². The molecular formula is C28H33NO2. The van der Waals surface area contributed by atoms with E-state index in [2.05, 4.69) is 78.1 Å². The summed E-state index contributed by atoms with van der Waals surface area (Å²) in [6.07, 6.45) is 5.57. The molecule has 1 aliphatic rings. The van der Waals surface area contributed by atoms with Crippen molar-refractivity contribution in [2.75, 3.05) is 20.8 Å². The fraction of sp³-hybridized carbons (Fsp3) is 0.357. The van der Waals surface area contributed by atoms with Crippen molar-refractivity contribution in [1.82, 2.24) is 5.32 Å². The number of rotatable bonds is 9. The first-order chi connectivity index (χ1) is 15.2. The molecule has 3 nitrogen and oxygen atoms in total. The number of methoxy groups -OCH3 is 2. The highest BCUT2D eigenvalue weighted by atomic mass is 16.5. The van der Waals surface area contributed by atoms with Gasteiger partial charge in [0.2, 0.25) is 0 Å². The molecule has 0 aliphatic heterocycles. The Kier molecular flexibility index (Phi) is 6.74. The highest BCUT2D eigenvalue weighted by molar-refractivity contribution is 5.42. The number of ether oxygens (including phenoxy) is 2. The summed E-state index contributed by atoms with van der Waals surface area (Å²) in [5.41, 5.74) is 3.04. The molecule has 0 aromatic heterocycles. The lowest BCUT2D eigenvalue weighted by Crippen LogP contribution is -2.61. The molecule has 1 N–H and O–H groups in total. The molecule has 1 fully saturated rings. The van der Waals surface area contributed by atoms with Gasteiger partial charge in [-0.1, -0.05) is 85.6 Å². The predicted octanol–water partition coefficient (Wildman–Crippen LogP) is 5.73. The topological polar surface area (TPSA) is 30.5 Å². The molecule has 162 valence electrons. The minimum Gasteiger partial charge on any atom is -0.497 e. The molecular weight excluding hydrogens is 382 g/mol. The third-order valence-corrected chi connectivity index (χ3v) is 6.83. The standard InChI is InChI=1S/C28H33NO2/c1-30-26-17-15-23(16-18-26)19-22-29-27(20-9-10-21-27)28(31-2,24-11-5-3-6-12-24)25-13-7-4-8-14-25/h3-8,11-18,29H,9-10,19-22H2,1-2H3. The van der Waals surface area contributed by atoms with Crippen LogP contribution in [0.3, 0.4) is 0 Å². The highest BCUT2D eigenvalue weighted by Crippen LogP contribution is 2.50. The van der Waals surface area contributed by atoms with Gasteiger partial charge in [-0.3, -0.25) is 0 Å². The van der Waals surface area contributed by atoms with Crippen molar-refractivity contribution >= 4 is 0 Å². The zero-order chi connectivity index (χ0) is 21.6. The van der Waals surface area contributed by atoms with Crippen LogP contribution in [-0.4, -0.2) is 26.3 Å². The van der Waals surface area contributed by atoms with Crippen LogP contribution in [0.15, 0.2) is 84.9 Å². The molecule has 3 aromatic carbocycles. The van der Waals surface area contributed by atoms with Gasteiger partial charge in [0, 0.05) is 7.11 Å². The van der Waals surface area contributed by atoms with Crippen molar-refractivity contribution in [3.05, 3.63) is 102 Å². The lowest BCUT2D eigenvalue weighted by Gasteiger charge is -2.49. The molecule has 0 unspecified atom stereocenters. The Morgan fingerprint density at radius 2 is 1.32 bits per heavy atom. The van der Waals surface area contributed by atoms with Gasteiger partial charge < -0.3 is 14.8 Å². The van der Waals surface area contributed by atoms with Crippen LogP contribution < -0.4 is 10.1 Å². The van der Waals surface area contributed by atoms with E-state index in [1.807, 2.05) is 19.2 Å². The lowest BCUT2D eigenvalue weighted by atomic mass is 9.69. The van der Waals surface area contributed by atoms with Gasteiger partial charge in [-0.25, -0.2) is 0 Å². The average Bonchev–Trinajstić information content (AvgIpc) is 3.32. The van der Waals surface area contributed by atoms with Crippen LogP contribution in [0.4, 0.5) is 0 Å². The van der Waals surface area contributed by atoms with Gasteiger partial charge in [-0.15, -0.1) is 0 Å². The molecule has 0 bridgehead atoms. The molecule has 1 saturated carbocycles. The summed E-state index contributed by atoms with van der Waals surface area (Å²) in [5.74, 6) is 0.899. The Labute approximate surface area is 186 Å². The average molecular weight is 416 g/mol. The van der Waals surface area contributed by atoms with Crippen LogP contribution in [-0.2, 0) is 16.8 Å². The van der Waals surface area contributed by atoms with Crippen LogP contribution in [0.5, 0.6) is 5.75 Å². The van der Waals surface area contributed by atoms with Gasteiger partial charge in [0.1, 0.15) is 11.4 Å². The van der Waals surface area contributed by atoms with Gasteiger partial charge in [0.15, 0.2) is 0 Å². The van der Waals surface area contributed by atoms with Crippen LogP contribution in [0.2, 0.25) is 0 Å². The second kappa shape index (κ2) is 9.67. The molecule has 0 spiro atoms. The summed E-state index contributed by atoms with van der Waals surface area (Å²) in [5, 5.41) is 4.00. The number of benzene rings is 3. The van der Waals surface area contributed by atoms with E-state index >= 15 is 0 Å². The Balaban J connectivity index is 1.68. The first-order valence-corrected chi connectivity index (χ1v) is 11.3. The molecule has 1 aliphatic carbocycles. The van der Waals surface area contributed by atoms with Crippen molar-refractivity contribution in [3.8, 4) is 5.75 Å². The second-order valence-corrected chi connectivity index (χ2v) is 8.43. The van der Waals surface area contributed by atoms with Gasteiger partial charge in [0.05, 0.1) is 12.6 Å². The molecule has 0 saturated heterocycles. The minimum atomic E-state index is -0.536. The number of hydrogen-bond donors (Lipinski definition) is 1. The van der Waals surface area contributed by atoms with E-state index < -0.39 is 5.60 Å². The summed E-state index contributed by atoms with van der Waals surface area (Å²) in [6, 6.07) is 29.8. The van der Waals surface area contributed by atoms with Gasteiger partial charge in [-0.2, -0.15) is 0 Å². The number of hydrogen-bond acceptors (Lipinski definition) is 3. The molecule has 4 rings (SSSR count). The first kappa shape index (κ1) is 21.6. The fourth-order valence-electron chi connectivity index (χ4n) is 5.37. The van der Waals surface area contributed by atoms with Crippen molar-refractivity contribution < 1.29 is 9.47 Å². The quantitative estimate of drug-likeness (QED) is 0.484. The van der Waals surface area contributed by atoms with Crippen LogP contribution in [0.25, 0.3) is 0 Å². The summed E-state index contributed by atoms with van der Waals surface area (Å²) in [6.45, 7) is 0.900. The van der Waals surface area contributed by atoms with E-state index in [1.165, 1.54) is 29.5 Å². The maximum atomic E-state index is 6.55. The van der Waals surface area contributed by atoms with Crippen molar-refractivity contribution in [2.45, 2.75) is 43.2 Å². The van der Waals surface area contributed by atoms with E-state index in [-0.39, 0.29) is 5.54 Å². The molecule has 3 heteroatoms. The Morgan fingerprint density at radius 3 is 1.81 bits per heavy atom. The first-order valence-electron chi connectivity index (χ1n) is 11.3. The van der Waals surface area contributed by atoms with E-state index in [1.54, 1.807) is 7.11 Å². The van der Waals surface area contributed by atoms with Crippen LogP contribution >= 0.6 is 0 Å². The number of nitrogens with one attached hydrogen (secondary N) is 1. The Bertz CT molecular complexity index is 892. The zero-order valence-corrected chi connectivity index (χ0v) is 18.6. The maximum absolute atomic E-state index is 6.55. The monoisotopic (exact) mass is 415 g/mol. The third-order valence-electron chi connectivity index (χ3n) is 6.83. The van der Waals surface area contributed by atoms with Gasteiger partial charge >= 0.3 is 0 Å². The van der Waals surface area contributed by atoms with Crippen LogP contribution in [0, 0.1) is 0 Å². The normalized spacial score (nSPS) is 15.7. The largest absolute Gasteiger partial charge is 0.497 e. The van der Waals surface area contributed by atoms with E-state index in [4.69, 9.17) is 9.47 Å². The summed E-state index contributed by atoms with van der Waals surface area (Å²) < 4.78 is 11.8. The predicted molar refractivity (Wildman–Crippen MR) is 127 cm³/mol. The SMILES string of the molecule is COc1ccc(CCNC2(C(OC)(c3ccccc3)c3ccccc3)CCCC2)cc1. The maximum Gasteiger partial charge on any atom is 0.136 e. The Hall–Kier alpha value is -2.62. The smallest absolute Gasteiger partial charge is 0.136 e. The minimum absolute atomic E-state index is 0.156. The fourth-order valence-corrected chi connectivity index (χ4v) is 5.37. The molecule has 31 heavy (non-hydrogen) atoms. The summed E-state index contributed by atoms with van der Waals surface area (Å²) in [4.78, 5) is 0. The van der Waals surface area contributed by atoms with Crippen molar-refractivity contribution in [2.24, 2.45) is 0 Å². The Morgan fingerprint density at radius 1 is 0.774 bits per heavy atom. The molecule has 0 atom stereocenters. The van der Waals surface area contributed by atoms with Crippen molar-refractivity contribution in [1.29, 1.82) is 0 Å². The van der Waals surface area contributed by atoms with Crippen LogP contribution in [0.1, 0.15) is 42.4 Å². The summed E-state index contributed by atoms with van der Waals surface area (Å²) >= 11 is 0. The molecule has 0 amide bonds. The summed E-state index contributed by atoms with van der Waals surface area (Å²) in [7, 11) is 3.57. The van der Waals surface area contributed by atoms with Crippen molar-refractivity contribution in [3.63, 3.8) is 0 Å². The highest BCUT2D eigenvalue weighted by Gasteiger charge is 2.55. The third kappa shape index (κ3) is 4.13. The molecule has 3 aromatic rings. The van der Waals surface area contributed by atoms with E-state index in [9.17, 15) is 0 Å². The lowest BCUT2D eigenvalue weighted by molar-refractivity contribution is -0.0587. The molecule has 0 radical (unpaired) electrons. The second-order valence-electron chi connectivity index (χ2n) is 8.43. The van der Waals surface area contributed by atoms with E-state index in [0.717, 1.165) is 31.6 Å². The zero-order valence-electron chi connectivity index (χ0n) is 18.6. The van der Waals surface area contributed by atoms with Gasteiger partial charge in [-0.05, 0) is 54.6 Å². The van der Waals surface area contributed by atoms with E-state index in [0.29, 0.717) is 0 Å². The molecule has 0 heterocycles.